The predicted molar refractivity (Wildman–Crippen MR) is 84.3 cm³/mol. The molecule has 1 aliphatic rings. The molecule has 0 bridgehead atoms. The van der Waals surface area contributed by atoms with Crippen LogP contribution >= 0.6 is 0 Å². The first kappa shape index (κ1) is 15.8. The fraction of sp³-hybridized carbons (Fsp3) is 0.588. The van der Waals surface area contributed by atoms with Gasteiger partial charge in [-0.3, -0.25) is 0 Å². The van der Waals surface area contributed by atoms with Crippen molar-refractivity contribution in [3.05, 3.63) is 35.4 Å². The minimum atomic E-state index is -0.178. The van der Waals surface area contributed by atoms with E-state index in [-0.39, 0.29) is 6.09 Å². The van der Waals surface area contributed by atoms with E-state index in [0.29, 0.717) is 18.7 Å². The smallest absolute Gasteiger partial charge is 0.409 e. The number of likely N-dealkylation sites (tertiary alicyclic amines) is 1. The first-order valence-corrected chi connectivity index (χ1v) is 7.84. The number of piperidine rings is 1. The Morgan fingerprint density at radius 3 is 2.52 bits per heavy atom. The zero-order valence-electron chi connectivity index (χ0n) is 13.3. The summed E-state index contributed by atoms with van der Waals surface area (Å²) in [5.41, 5.74) is 2.60. The van der Waals surface area contributed by atoms with Gasteiger partial charge in [-0.15, -0.1) is 0 Å². The lowest BCUT2D eigenvalue weighted by Crippen LogP contribution is -2.45. The molecule has 4 heteroatoms. The molecule has 0 radical (unpaired) electrons. The summed E-state index contributed by atoms with van der Waals surface area (Å²) in [6.07, 6.45) is 1.78. The summed E-state index contributed by atoms with van der Waals surface area (Å²) < 4.78 is 5.04. The Bertz CT molecular complexity index is 450. The van der Waals surface area contributed by atoms with Gasteiger partial charge >= 0.3 is 6.09 Å². The molecular formula is C17H26N2O2. The van der Waals surface area contributed by atoms with Crippen LogP contribution in [-0.2, 0) is 4.74 Å². The van der Waals surface area contributed by atoms with Gasteiger partial charge in [0.2, 0.25) is 0 Å². The van der Waals surface area contributed by atoms with Crippen molar-refractivity contribution in [3.8, 4) is 0 Å². The number of carbonyl (C=O) groups excluding carboxylic acids is 1. The topological polar surface area (TPSA) is 41.6 Å². The van der Waals surface area contributed by atoms with E-state index >= 15 is 0 Å². The number of benzene rings is 1. The lowest BCUT2D eigenvalue weighted by molar-refractivity contribution is 0.0944. The third-order valence-electron chi connectivity index (χ3n) is 4.08. The third-order valence-corrected chi connectivity index (χ3v) is 4.08. The van der Waals surface area contributed by atoms with E-state index in [1.807, 2.05) is 6.92 Å². The Balaban J connectivity index is 1.80. The minimum absolute atomic E-state index is 0.178. The van der Waals surface area contributed by atoms with Gasteiger partial charge in [-0.1, -0.05) is 29.8 Å². The first-order valence-electron chi connectivity index (χ1n) is 7.84. The van der Waals surface area contributed by atoms with Crippen LogP contribution in [0.3, 0.4) is 0 Å². The van der Waals surface area contributed by atoms with Crippen LogP contribution in [-0.4, -0.2) is 36.7 Å². The van der Waals surface area contributed by atoms with Crippen LogP contribution in [0.25, 0.3) is 0 Å². The number of rotatable bonds is 4. The van der Waals surface area contributed by atoms with Crippen LogP contribution in [0.5, 0.6) is 0 Å². The van der Waals surface area contributed by atoms with Gasteiger partial charge in [-0.25, -0.2) is 4.79 Å². The molecule has 21 heavy (non-hydrogen) atoms. The van der Waals surface area contributed by atoms with E-state index in [9.17, 15) is 4.79 Å². The van der Waals surface area contributed by atoms with Crippen molar-refractivity contribution in [3.63, 3.8) is 0 Å². The Morgan fingerprint density at radius 2 is 1.95 bits per heavy atom. The molecule has 1 aliphatic heterocycles. The summed E-state index contributed by atoms with van der Waals surface area (Å²) in [6, 6.07) is 9.46. The van der Waals surface area contributed by atoms with Gasteiger partial charge in [0.05, 0.1) is 6.61 Å². The summed E-state index contributed by atoms with van der Waals surface area (Å²) in [7, 11) is 0. The average molecular weight is 290 g/mol. The standard InChI is InChI=1S/C17H26N2O2/c1-4-21-17(20)19-11-9-16(10-12-19)18-14(3)15-7-5-13(2)6-8-15/h5-8,14,16,18H,4,9-12H2,1-3H3/t14-/m0/s1. The number of carbonyl (C=O) groups is 1. The largest absolute Gasteiger partial charge is 0.450 e. The van der Waals surface area contributed by atoms with Crippen molar-refractivity contribution in [2.24, 2.45) is 0 Å². The van der Waals surface area contributed by atoms with Gasteiger partial charge in [0.25, 0.3) is 0 Å². The molecule has 1 fully saturated rings. The van der Waals surface area contributed by atoms with Gasteiger partial charge in [-0.2, -0.15) is 0 Å². The molecule has 1 N–H and O–H groups in total. The van der Waals surface area contributed by atoms with Crippen LogP contribution < -0.4 is 5.32 Å². The van der Waals surface area contributed by atoms with Crippen LogP contribution in [0.2, 0.25) is 0 Å². The first-order chi connectivity index (χ1) is 10.1. The third kappa shape index (κ3) is 4.46. The highest BCUT2D eigenvalue weighted by molar-refractivity contribution is 5.67. The van der Waals surface area contributed by atoms with Crippen molar-refractivity contribution < 1.29 is 9.53 Å². The molecule has 0 aliphatic carbocycles. The number of hydrogen-bond donors (Lipinski definition) is 1. The molecule has 1 aromatic carbocycles. The molecule has 2 rings (SSSR count). The average Bonchev–Trinajstić information content (AvgIpc) is 2.49. The van der Waals surface area contributed by atoms with Crippen LogP contribution in [0.1, 0.15) is 43.9 Å². The number of ether oxygens (including phenoxy) is 1. The summed E-state index contributed by atoms with van der Waals surface area (Å²) in [5.74, 6) is 0. The van der Waals surface area contributed by atoms with Crippen molar-refractivity contribution in [1.29, 1.82) is 0 Å². The second-order valence-corrected chi connectivity index (χ2v) is 5.76. The van der Waals surface area contributed by atoms with Crippen molar-refractivity contribution in [1.82, 2.24) is 10.2 Å². The summed E-state index contributed by atoms with van der Waals surface area (Å²) >= 11 is 0. The van der Waals surface area contributed by atoms with E-state index in [2.05, 4.69) is 43.4 Å². The van der Waals surface area contributed by atoms with Crippen LogP contribution in [0.4, 0.5) is 4.79 Å². The van der Waals surface area contributed by atoms with Crippen LogP contribution in [0, 0.1) is 6.92 Å². The Hall–Kier alpha value is -1.55. The molecule has 1 atom stereocenters. The lowest BCUT2D eigenvalue weighted by Gasteiger charge is -2.33. The van der Waals surface area contributed by atoms with E-state index in [4.69, 9.17) is 4.74 Å². The SMILES string of the molecule is CCOC(=O)N1CCC(N[C@@H](C)c2ccc(C)cc2)CC1. The number of nitrogens with zero attached hydrogens (tertiary/aromatic N) is 1. The zero-order valence-corrected chi connectivity index (χ0v) is 13.3. The molecule has 116 valence electrons. The van der Waals surface area contributed by atoms with Crippen molar-refractivity contribution >= 4 is 6.09 Å². The van der Waals surface area contributed by atoms with Gasteiger partial charge in [0, 0.05) is 25.2 Å². The normalized spacial score (nSPS) is 17.6. The maximum absolute atomic E-state index is 11.7. The Morgan fingerprint density at radius 1 is 1.33 bits per heavy atom. The molecule has 1 saturated heterocycles. The molecular weight excluding hydrogens is 264 g/mol. The fourth-order valence-corrected chi connectivity index (χ4v) is 2.75. The maximum Gasteiger partial charge on any atom is 0.409 e. The summed E-state index contributed by atoms with van der Waals surface area (Å²) in [6.45, 7) is 8.14. The highest BCUT2D eigenvalue weighted by Gasteiger charge is 2.24. The summed E-state index contributed by atoms with van der Waals surface area (Å²) in [4.78, 5) is 13.5. The van der Waals surface area contributed by atoms with Gasteiger partial charge in [0.15, 0.2) is 0 Å². The molecule has 0 saturated carbocycles. The highest BCUT2D eigenvalue weighted by Crippen LogP contribution is 2.18. The van der Waals surface area contributed by atoms with E-state index in [1.165, 1.54) is 11.1 Å². The van der Waals surface area contributed by atoms with Crippen LogP contribution in [0.15, 0.2) is 24.3 Å². The molecule has 0 aromatic heterocycles. The second kappa shape index (κ2) is 7.46. The number of hydrogen-bond acceptors (Lipinski definition) is 3. The fourth-order valence-electron chi connectivity index (χ4n) is 2.75. The van der Waals surface area contributed by atoms with E-state index < -0.39 is 0 Å². The van der Waals surface area contributed by atoms with Gasteiger partial charge in [-0.05, 0) is 39.2 Å². The molecule has 1 aromatic rings. The number of aryl methyl sites for hydroxylation is 1. The quantitative estimate of drug-likeness (QED) is 0.925. The second-order valence-electron chi connectivity index (χ2n) is 5.76. The molecule has 1 heterocycles. The van der Waals surface area contributed by atoms with Gasteiger partial charge in [0.1, 0.15) is 0 Å². The minimum Gasteiger partial charge on any atom is -0.450 e. The molecule has 0 unspecified atom stereocenters. The molecule has 4 nitrogen and oxygen atoms in total. The molecule has 1 amide bonds. The molecule has 0 spiro atoms. The van der Waals surface area contributed by atoms with Crippen molar-refractivity contribution in [2.45, 2.75) is 45.7 Å². The Labute approximate surface area is 127 Å². The summed E-state index contributed by atoms with van der Waals surface area (Å²) in [5, 5.41) is 3.67. The van der Waals surface area contributed by atoms with E-state index in [1.54, 1.807) is 4.90 Å². The lowest BCUT2D eigenvalue weighted by atomic mass is 10.0. The monoisotopic (exact) mass is 290 g/mol. The predicted octanol–water partition coefficient (Wildman–Crippen LogP) is 3.27. The number of amides is 1. The zero-order chi connectivity index (χ0) is 15.2. The Kier molecular flexibility index (Phi) is 5.62. The maximum atomic E-state index is 11.7. The van der Waals surface area contributed by atoms with E-state index in [0.717, 1.165) is 25.9 Å². The van der Waals surface area contributed by atoms with Gasteiger partial charge < -0.3 is 15.0 Å². The number of nitrogens with one attached hydrogen (secondary N) is 1. The highest BCUT2D eigenvalue weighted by atomic mass is 16.6. The van der Waals surface area contributed by atoms with Crippen molar-refractivity contribution in [2.75, 3.05) is 19.7 Å².